The van der Waals surface area contributed by atoms with Gasteiger partial charge in [0.15, 0.2) is 0 Å². The first-order valence-corrected chi connectivity index (χ1v) is 6.13. The first-order chi connectivity index (χ1) is 7.09. The van der Waals surface area contributed by atoms with Gasteiger partial charge in [0.1, 0.15) is 0 Å². The largest absolute Gasteiger partial charge is 0.391 e. The highest BCUT2D eigenvalue weighted by molar-refractivity contribution is 4.91. The molecule has 0 aromatic carbocycles. The molecule has 1 aliphatic heterocycles. The van der Waals surface area contributed by atoms with Gasteiger partial charge in [-0.25, -0.2) is 0 Å². The third-order valence-corrected chi connectivity index (χ3v) is 3.63. The Hall–Kier alpha value is -0.340. The predicted molar refractivity (Wildman–Crippen MR) is 64.9 cm³/mol. The summed E-state index contributed by atoms with van der Waals surface area (Å²) < 4.78 is 0. The minimum Gasteiger partial charge on any atom is -0.391 e. The fourth-order valence-corrected chi connectivity index (χ4v) is 2.31. The number of aliphatic hydroxyl groups excluding tert-OH is 1. The van der Waals surface area contributed by atoms with Crippen molar-refractivity contribution in [2.75, 3.05) is 13.1 Å². The molecule has 1 unspecified atom stereocenters. The Bertz CT molecular complexity index is 195. The van der Waals surface area contributed by atoms with Gasteiger partial charge in [0.05, 0.1) is 6.10 Å². The molecule has 15 heavy (non-hydrogen) atoms. The summed E-state index contributed by atoms with van der Waals surface area (Å²) in [5.74, 6) is 0. The second kappa shape index (κ2) is 5.66. The Morgan fingerprint density at radius 1 is 1.33 bits per heavy atom. The van der Waals surface area contributed by atoms with E-state index in [1.54, 1.807) is 0 Å². The lowest BCUT2D eigenvalue weighted by Gasteiger charge is -2.44. The van der Waals surface area contributed by atoms with Gasteiger partial charge < -0.3 is 5.11 Å². The second-order valence-corrected chi connectivity index (χ2v) is 5.08. The van der Waals surface area contributed by atoms with Crippen molar-refractivity contribution >= 4 is 0 Å². The summed E-state index contributed by atoms with van der Waals surface area (Å²) in [6.45, 7) is 10.3. The van der Waals surface area contributed by atoms with Crippen molar-refractivity contribution in [2.24, 2.45) is 0 Å². The van der Waals surface area contributed by atoms with Crippen LogP contribution in [0.25, 0.3) is 0 Å². The number of rotatable bonds is 5. The van der Waals surface area contributed by atoms with Crippen LogP contribution in [0.15, 0.2) is 12.7 Å². The number of likely N-dealkylation sites (tertiary alicyclic amines) is 1. The normalized spacial score (nSPS) is 21.3. The van der Waals surface area contributed by atoms with Crippen LogP contribution < -0.4 is 0 Å². The Morgan fingerprint density at radius 3 is 2.47 bits per heavy atom. The molecule has 0 aliphatic carbocycles. The first kappa shape index (κ1) is 12.7. The minimum absolute atomic E-state index is 0.0799. The van der Waals surface area contributed by atoms with Crippen LogP contribution in [0.3, 0.4) is 0 Å². The fraction of sp³-hybridized carbons (Fsp3) is 0.846. The SMILES string of the molecule is C=CCCC(O)C(C)(C)N1CCCCC1. The molecule has 1 rings (SSSR count). The van der Waals surface area contributed by atoms with E-state index < -0.39 is 0 Å². The molecule has 0 spiro atoms. The van der Waals surface area contributed by atoms with Crippen molar-refractivity contribution in [3.05, 3.63) is 12.7 Å². The molecular weight excluding hydrogens is 186 g/mol. The molecule has 0 radical (unpaired) electrons. The summed E-state index contributed by atoms with van der Waals surface area (Å²) in [5, 5.41) is 10.2. The molecule has 1 N–H and O–H groups in total. The van der Waals surface area contributed by atoms with Crippen molar-refractivity contribution in [1.82, 2.24) is 4.90 Å². The monoisotopic (exact) mass is 211 g/mol. The van der Waals surface area contributed by atoms with Crippen LogP contribution in [0, 0.1) is 0 Å². The Labute approximate surface area is 94.0 Å². The molecule has 1 saturated heterocycles. The van der Waals surface area contributed by atoms with Gasteiger partial charge in [-0.3, -0.25) is 4.90 Å². The number of allylic oxidation sites excluding steroid dienone is 1. The summed E-state index contributed by atoms with van der Waals surface area (Å²) in [7, 11) is 0. The molecule has 1 fully saturated rings. The third kappa shape index (κ3) is 3.32. The number of hydrogen-bond donors (Lipinski definition) is 1. The molecule has 1 heterocycles. The third-order valence-electron chi connectivity index (χ3n) is 3.63. The molecule has 2 heteroatoms. The predicted octanol–water partition coefficient (Wildman–Crippen LogP) is 2.58. The Kier molecular flexibility index (Phi) is 4.81. The summed E-state index contributed by atoms with van der Waals surface area (Å²) >= 11 is 0. The van der Waals surface area contributed by atoms with Gasteiger partial charge in [-0.15, -0.1) is 6.58 Å². The standard InChI is InChI=1S/C13H25NO/c1-4-5-9-12(15)13(2,3)14-10-7-6-8-11-14/h4,12,15H,1,5-11H2,2-3H3. The van der Waals surface area contributed by atoms with Crippen molar-refractivity contribution in [2.45, 2.75) is 57.6 Å². The molecule has 0 amide bonds. The van der Waals surface area contributed by atoms with Gasteiger partial charge >= 0.3 is 0 Å². The number of hydrogen-bond acceptors (Lipinski definition) is 2. The van der Waals surface area contributed by atoms with Gasteiger partial charge in [0.2, 0.25) is 0 Å². The zero-order chi connectivity index (χ0) is 11.3. The molecule has 2 nitrogen and oxygen atoms in total. The maximum absolute atomic E-state index is 10.2. The molecule has 1 atom stereocenters. The Morgan fingerprint density at radius 2 is 1.93 bits per heavy atom. The first-order valence-electron chi connectivity index (χ1n) is 6.13. The van der Waals surface area contributed by atoms with E-state index in [1.165, 1.54) is 19.3 Å². The molecular formula is C13H25NO. The fourth-order valence-electron chi connectivity index (χ4n) is 2.31. The van der Waals surface area contributed by atoms with Crippen LogP contribution in [0.2, 0.25) is 0 Å². The quantitative estimate of drug-likeness (QED) is 0.707. The van der Waals surface area contributed by atoms with E-state index >= 15 is 0 Å². The van der Waals surface area contributed by atoms with Crippen molar-refractivity contribution in [3.8, 4) is 0 Å². The van der Waals surface area contributed by atoms with Crippen LogP contribution >= 0.6 is 0 Å². The summed E-state index contributed by atoms with van der Waals surface area (Å²) in [6, 6.07) is 0. The lowest BCUT2D eigenvalue weighted by atomic mass is 9.89. The summed E-state index contributed by atoms with van der Waals surface area (Å²) in [6.07, 6.45) is 7.26. The number of aliphatic hydroxyl groups is 1. The van der Waals surface area contributed by atoms with Gasteiger partial charge in [-0.1, -0.05) is 12.5 Å². The zero-order valence-corrected chi connectivity index (χ0v) is 10.2. The van der Waals surface area contributed by atoms with E-state index in [4.69, 9.17) is 0 Å². The highest BCUT2D eigenvalue weighted by Crippen LogP contribution is 2.25. The molecule has 0 bridgehead atoms. The van der Waals surface area contributed by atoms with Gasteiger partial charge in [-0.05, 0) is 52.6 Å². The number of nitrogens with zero attached hydrogens (tertiary/aromatic N) is 1. The second-order valence-electron chi connectivity index (χ2n) is 5.08. The van der Waals surface area contributed by atoms with E-state index in [2.05, 4.69) is 25.3 Å². The van der Waals surface area contributed by atoms with Gasteiger partial charge in [0.25, 0.3) is 0 Å². The smallest absolute Gasteiger partial charge is 0.0721 e. The average Bonchev–Trinajstić information content (AvgIpc) is 2.27. The molecule has 0 saturated carbocycles. The van der Waals surface area contributed by atoms with Crippen molar-refractivity contribution in [1.29, 1.82) is 0 Å². The zero-order valence-electron chi connectivity index (χ0n) is 10.2. The van der Waals surface area contributed by atoms with Crippen molar-refractivity contribution < 1.29 is 5.11 Å². The van der Waals surface area contributed by atoms with Gasteiger partial charge in [0, 0.05) is 5.54 Å². The topological polar surface area (TPSA) is 23.5 Å². The minimum atomic E-state index is -0.242. The Balaban J connectivity index is 2.50. The maximum atomic E-state index is 10.2. The molecule has 0 aromatic heterocycles. The van der Waals surface area contributed by atoms with Gasteiger partial charge in [-0.2, -0.15) is 0 Å². The molecule has 0 aromatic rings. The highest BCUT2D eigenvalue weighted by atomic mass is 16.3. The van der Waals surface area contributed by atoms with Crippen LogP contribution in [0.1, 0.15) is 46.0 Å². The summed E-state index contributed by atoms with van der Waals surface area (Å²) in [5.41, 5.74) is -0.0799. The van der Waals surface area contributed by atoms with E-state index in [1.807, 2.05) is 6.08 Å². The summed E-state index contributed by atoms with van der Waals surface area (Å²) in [4.78, 5) is 2.43. The highest BCUT2D eigenvalue weighted by Gasteiger charge is 2.34. The lowest BCUT2D eigenvalue weighted by Crippen LogP contribution is -2.54. The molecule has 1 aliphatic rings. The van der Waals surface area contributed by atoms with E-state index in [9.17, 15) is 5.11 Å². The maximum Gasteiger partial charge on any atom is 0.0721 e. The van der Waals surface area contributed by atoms with E-state index in [0.717, 1.165) is 25.9 Å². The van der Waals surface area contributed by atoms with Crippen LogP contribution in [-0.4, -0.2) is 34.7 Å². The van der Waals surface area contributed by atoms with Crippen LogP contribution in [0.4, 0.5) is 0 Å². The number of piperidine rings is 1. The van der Waals surface area contributed by atoms with Crippen LogP contribution in [0.5, 0.6) is 0 Å². The van der Waals surface area contributed by atoms with E-state index in [0.29, 0.717) is 0 Å². The average molecular weight is 211 g/mol. The van der Waals surface area contributed by atoms with Crippen molar-refractivity contribution in [3.63, 3.8) is 0 Å². The molecule has 88 valence electrons. The lowest BCUT2D eigenvalue weighted by molar-refractivity contribution is -0.0225. The van der Waals surface area contributed by atoms with Crippen LogP contribution in [-0.2, 0) is 0 Å². The van der Waals surface area contributed by atoms with E-state index in [-0.39, 0.29) is 11.6 Å².